The van der Waals surface area contributed by atoms with Crippen LogP contribution in [0.3, 0.4) is 0 Å². The van der Waals surface area contributed by atoms with Crippen LogP contribution in [0.2, 0.25) is 0 Å². The van der Waals surface area contributed by atoms with Crippen molar-refractivity contribution < 1.29 is 9.53 Å². The molecule has 1 aromatic carbocycles. The summed E-state index contributed by atoms with van der Waals surface area (Å²) in [5.74, 6) is 0. The van der Waals surface area contributed by atoms with Gasteiger partial charge in [-0.1, -0.05) is 30.3 Å². The molecule has 2 N–H and O–H groups in total. The summed E-state index contributed by atoms with van der Waals surface area (Å²) in [6.45, 7) is 0. The molecule has 0 unspecified atom stereocenters. The Kier molecular flexibility index (Phi) is 4.17. The second-order valence-electron chi connectivity index (χ2n) is 3.08. The maximum Gasteiger partial charge on any atom is 0.405 e. The van der Waals surface area contributed by atoms with Crippen molar-refractivity contribution in [3.8, 4) is 6.07 Å². The standard InChI is InChI=1S/C11H12N2O2/c12-8-10(15-11(13)14)7-6-9-4-2-1-3-5-9/h1-5,10H,6-7H2,(H2,13,14)/t10-/m0/s1. The second kappa shape index (κ2) is 5.66. The highest BCUT2D eigenvalue weighted by molar-refractivity contribution is 5.65. The summed E-state index contributed by atoms with van der Waals surface area (Å²) in [4.78, 5) is 10.4. The van der Waals surface area contributed by atoms with E-state index in [0.717, 1.165) is 5.56 Å². The molecule has 0 aromatic heterocycles. The third kappa shape index (κ3) is 4.14. The normalized spacial score (nSPS) is 11.4. The summed E-state index contributed by atoms with van der Waals surface area (Å²) in [5.41, 5.74) is 5.93. The van der Waals surface area contributed by atoms with E-state index in [4.69, 9.17) is 11.0 Å². The van der Waals surface area contributed by atoms with Gasteiger partial charge in [0.25, 0.3) is 0 Å². The predicted octanol–water partition coefficient (Wildman–Crippen LogP) is 1.61. The van der Waals surface area contributed by atoms with Crippen molar-refractivity contribution >= 4 is 6.09 Å². The number of ether oxygens (including phenoxy) is 1. The molecule has 1 atom stereocenters. The molecule has 1 amide bonds. The fourth-order valence-electron chi connectivity index (χ4n) is 1.23. The Morgan fingerprint density at radius 3 is 2.67 bits per heavy atom. The minimum atomic E-state index is -0.908. The lowest BCUT2D eigenvalue weighted by Crippen LogP contribution is -2.21. The first-order chi connectivity index (χ1) is 7.22. The molecule has 4 nitrogen and oxygen atoms in total. The lowest BCUT2D eigenvalue weighted by atomic mass is 10.1. The molecule has 0 heterocycles. The molecule has 0 radical (unpaired) electrons. The SMILES string of the molecule is N#C[C@H](CCc1ccccc1)OC(N)=O. The zero-order valence-electron chi connectivity index (χ0n) is 8.22. The summed E-state index contributed by atoms with van der Waals surface area (Å²) in [6.07, 6.45) is -0.521. The molecule has 0 saturated carbocycles. The van der Waals surface area contributed by atoms with E-state index in [0.29, 0.717) is 12.8 Å². The molecule has 1 aromatic rings. The number of hydrogen-bond donors (Lipinski definition) is 1. The number of nitrogens with two attached hydrogens (primary N) is 1. The van der Waals surface area contributed by atoms with Gasteiger partial charge in [-0.25, -0.2) is 4.79 Å². The zero-order chi connectivity index (χ0) is 11.1. The van der Waals surface area contributed by atoms with Crippen LogP contribution < -0.4 is 5.73 Å². The highest BCUT2D eigenvalue weighted by Crippen LogP contribution is 2.06. The van der Waals surface area contributed by atoms with Gasteiger partial charge in [0, 0.05) is 6.42 Å². The van der Waals surface area contributed by atoms with Crippen LogP contribution in [-0.2, 0) is 11.2 Å². The van der Waals surface area contributed by atoms with Gasteiger partial charge in [-0.05, 0) is 12.0 Å². The van der Waals surface area contributed by atoms with Crippen molar-refractivity contribution in [3.05, 3.63) is 35.9 Å². The number of carbonyl (C=O) groups excluding carboxylic acids is 1. The molecule has 0 spiro atoms. The van der Waals surface area contributed by atoms with E-state index in [-0.39, 0.29) is 0 Å². The molecule has 0 bridgehead atoms. The Labute approximate surface area is 88.3 Å². The predicted molar refractivity (Wildman–Crippen MR) is 54.8 cm³/mol. The van der Waals surface area contributed by atoms with Gasteiger partial charge in [-0.3, -0.25) is 0 Å². The molecular weight excluding hydrogens is 192 g/mol. The number of carbonyl (C=O) groups is 1. The fourth-order valence-corrected chi connectivity index (χ4v) is 1.23. The largest absolute Gasteiger partial charge is 0.431 e. The van der Waals surface area contributed by atoms with E-state index < -0.39 is 12.2 Å². The Balaban J connectivity index is 2.42. The number of primary amides is 1. The average molecular weight is 204 g/mol. The van der Waals surface area contributed by atoms with Gasteiger partial charge in [0.05, 0.1) is 0 Å². The van der Waals surface area contributed by atoms with Crippen LogP contribution in [0.1, 0.15) is 12.0 Å². The Morgan fingerprint density at radius 1 is 1.47 bits per heavy atom. The molecule has 15 heavy (non-hydrogen) atoms. The van der Waals surface area contributed by atoms with Crippen LogP contribution in [0.4, 0.5) is 4.79 Å². The monoisotopic (exact) mass is 204 g/mol. The number of hydrogen-bond acceptors (Lipinski definition) is 3. The van der Waals surface area contributed by atoms with E-state index in [1.165, 1.54) is 0 Å². The fraction of sp³-hybridized carbons (Fsp3) is 0.273. The minimum absolute atomic E-state index is 0.462. The molecule has 0 aliphatic rings. The smallest absolute Gasteiger partial charge is 0.405 e. The molecule has 1 rings (SSSR count). The van der Waals surface area contributed by atoms with E-state index in [1.54, 1.807) is 0 Å². The van der Waals surface area contributed by atoms with E-state index in [2.05, 4.69) is 4.74 Å². The summed E-state index contributed by atoms with van der Waals surface area (Å²) in [5, 5.41) is 8.67. The Morgan fingerprint density at radius 2 is 2.13 bits per heavy atom. The van der Waals surface area contributed by atoms with Gasteiger partial charge >= 0.3 is 6.09 Å². The Hall–Kier alpha value is -2.02. The van der Waals surface area contributed by atoms with Crippen LogP contribution in [0.5, 0.6) is 0 Å². The second-order valence-corrected chi connectivity index (χ2v) is 3.08. The number of rotatable bonds is 4. The van der Waals surface area contributed by atoms with E-state index in [9.17, 15) is 4.79 Å². The van der Waals surface area contributed by atoms with E-state index in [1.807, 2.05) is 36.4 Å². The van der Waals surface area contributed by atoms with Crippen molar-refractivity contribution in [2.24, 2.45) is 5.73 Å². The first-order valence-corrected chi connectivity index (χ1v) is 4.62. The lowest BCUT2D eigenvalue weighted by molar-refractivity contribution is 0.128. The van der Waals surface area contributed by atoms with Crippen molar-refractivity contribution in [2.75, 3.05) is 0 Å². The van der Waals surface area contributed by atoms with Crippen LogP contribution >= 0.6 is 0 Å². The summed E-state index contributed by atoms with van der Waals surface area (Å²) < 4.78 is 4.60. The van der Waals surface area contributed by atoms with Crippen LogP contribution in [0.15, 0.2) is 30.3 Å². The first kappa shape index (κ1) is 11.1. The lowest BCUT2D eigenvalue weighted by Gasteiger charge is -2.08. The molecule has 0 fully saturated rings. The third-order valence-electron chi connectivity index (χ3n) is 1.94. The molecular formula is C11H12N2O2. The maximum absolute atomic E-state index is 10.4. The van der Waals surface area contributed by atoms with Gasteiger partial charge in [-0.15, -0.1) is 0 Å². The summed E-state index contributed by atoms with van der Waals surface area (Å²) in [6, 6.07) is 11.6. The molecule has 0 aliphatic carbocycles. The van der Waals surface area contributed by atoms with Gasteiger partial charge in [0.15, 0.2) is 6.10 Å². The van der Waals surface area contributed by atoms with Crippen molar-refractivity contribution in [2.45, 2.75) is 18.9 Å². The van der Waals surface area contributed by atoms with Crippen molar-refractivity contribution in [1.82, 2.24) is 0 Å². The first-order valence-electron chi connectivity index (χ1n) is 4.62. The number of nitriles is 1. The highest BCUT2D eigenvalue weighted by Gasteiger charge is 2.10. The van der Waals surface area contributed by atoms with Gasteiger partial charge < -0.3 is 10.5 Å². The summed E-state index contributed by atoms with van der Waals surface area (Å²) in [7, 11) is 0. The zero-order valence-corrected chi connectivity index (χ0v) is 8.22. The van der Waals surface area contributed by atoms with Gasteiger partial charge in [-0.2, -0.15) is 5.26 Å². The minimum Gasteiger partial charge on any atom is -0.431 e. The molecule has 0 aliphatic heterocycles. The topological polar surface area (TPSA) is 76.1 Å². The number of aryl methyl sites for hydroxylation is 1. The average Bonchev–Trinajstić information content (AvgIpc) is 2.25. The van der Waals surface area contributed by atoms with Crippen LogP contribution in [0, 0.1) is 11.3 Å². The molecule has 78 valence electrons. The molecule has 0 saturated heterocycles. The number of nitrogens with zero attached hydrogens (tertiary/aromatic N) is 1. The quantitative estimate of drug-likeness (QED) is 0.809. The molecule has 4 heteroatoms. The third-order valence-corrected chi connectivity index (χ3v) is 1.94. The van der Waals surface area contributed by atoms with Crippen molar-refractivity contribution in [1.29, 1.82) is 5.26 Å². The maximum atomic E-state index is 10.4. The van der Waals surface area contributed by atoms with Crippen LogP contribution in [0.25, 0.3) is 0 Å². The van der Waals surface area contributed by atoms with Gasteiger partial charge in [0.1, 0.15) is 6.07 Å². The highest BCUT2D eigenvalue weighted by atomic mass is 16.6. The summed E-state index contributed by atoms with van der Waals surface area (Å²) >= 11 is 0. The Bertz CT molecular complexity index is 357. The van der Waals surface area contributed by atoms with E-state index >= 15 is 0 Å². The van der Waals surface area contributed by atoms with Gasteiger partial charge in [0.2, 0.25) is 0 Å². The number of benzene rings is 1. The number of amides is 1. The van der Waals surface area contributed by atoms with Crippen molar-refractivity contribution in [3.63, 3.8) is 0 Å². The van der Waals surface area contributed by atoms with Crippen LogP contribution in [-0.4, -0.2) is 12.2 Å².